The van der Waals surface area contributed by atoms with E-state index in [-0.39, 0.29) is 5.56 Å². The first kappa shape index (κ1) is 17.3. The average Bonchev–Trinajstić information content (AvgIpc) is 2.52. The number of halogens is 3. The molecule has 0 saturated heterocycles. The van der Waals surface area contributed by atoms with Crippen molar-refractivity contribution < 1.29 is 17.9 Å². The lowest BCUT2D eigenvalue weighted by atomic mass is 9.99. The van der Waals surface area contributed by atoms with Gasteiger partial charge in [0.2, 0.25) is 0 Å². The quantitative estimate of drug-likeness (QED) is 0.506. The summed E-state index contributed by atoms with van der Waals surface area (Å²) in [6.07, 6.45) is -4.23. The summed E-state index contributed by atoms with van der Waals surface area (Å²) < 4.78 is 45.4. The molecule has 2 rings (SSSR count). The highest BCUT2D eigenvalue weighted by Gasteiger charge is 2.34. The summed E-state index contributed by atoms with van der Waals surface area (Å²) in [4.78, 5) is 0. The number of ether oxygens (including phenoxy) is 1. The fourth-order valence-electron chi connectivity index (χ4n) is 2.31. The van der Waals surface area contributed by atoms with Crippen LogP contribution < -0.4 is 10.6 Å². The maximum Gasteiger partial charge on any atom is 0.417 e. The van der Waals surface area contributed by atoms with Crippen LogP contribution in [0.3, 0.4) is 0 Å². The first-order chi connectivity index (χ1) is 10.8. The van der Waals surface area contributed by atoms with Gasteiger partial charge in [0, 0.05) is 7.05 Å². The number of hydrogen-bond donors (Lipinski definition) is 1. The van der Waals surface area contributed by atoms with Crippen LogP contribution in [0.25, 0.3) is 11.1 Å². The molecule has 0 bridgehead atoms. The Balaban J connectivity index is 2.46. The first-order valence-electron chi connectivity index (χ1n) is 7.23. The van der Waals surface area contributed by atoms with E-state index in [0.29, 0.717) is 17.7 Å². The molecule has 2 aromatic rings. The fraction of sp³-hybridized carbons (Fsp3) is 0.294. The van der Waals surface area contributed by atoms with Crippen molar-refractivity contribution in [2.75, 3.05) is 7.05 Å². The molecule has 0 aliphatic rings. The number of benzene rings is 2. The molecule has 0 radical (unpaired) electrons. The van der Waals surface area contributed by atoms with Crippen molar-refractivity contribution in [2.24, 2.45) is 5.84 Å². The molecule has 0 aliphatic heterocycles. The Morgan fingerprint density at radius 2 is 1.78 bits per heavy atom. The van der Waals surface area contributed by atoms with E-state index in [1.807, 2.05) is 6.92 Å². The Morgan fingerprint density at radius 3 is 2.30 bits per heavy atom. The van der Waals surface area contributed by atoms with E-state index in [1.54, 1.807) is 37.4 Å². The van der Waals surface area contributed by atoms with Gasteiger partial charge in [-0.3, -0.25) is 5.84 Å². The number of hydrogen-bond acceptors (Lipinski definition) is 3. The Kier molecular flexibility index (Phi) is 5.28. The van der Waals surface area contributed by atoms with Gasteiger partial charge in [-0.2, -0.15) is 13.2 Å². The SMILES string of the molecule is CCC(Oc1ccc(C(F)(F)F)c(-c2ccccc2)c1)N(C)N. The predicted octanol–water partition coefficient (Wildman–Crippen LogP) is 4.29. The second kappa shape index (κ2) is 7.02. The third kappa shape index (κ3) is 4.24. The van der Waals surface area contributed by atoms with Gasteiger partial charge in [0.15, 0.2) is 6.23 Å². The van der Waals surface area contributed by atoms with Crippen LogP contribution in [-0.2, 0) is 6.18 Å². The van der Waals surface area contributed by atoms with Crippen molar-refractivity contribution in [1.82, 2.24) is 5.01 Å². The largest absolute Gasteiger partial charge is 0.474 e. The summed E-state index contributed by atoms with van der Waals surface area (Å²) in [7, 11) is 1.65. The van der Waals surface area contributed by atoms with Gasteiger partial charge in [0.25, 0.3) is 0 Å². The van der Waals surface area contributed by atoms with Crippen molar-refractivity contribution in [1.29, 1.82) is 0 Å². The van der Waals surface area contributed by atoms with E-state index in [1.165, 1.54) is 17.1 Å². The van der Waals surface area contributed by atoms with E-state index in [2.05, 4.69) is 0 Å². The molecule has 0 saturated carbocycles. The van der Waals surface area contributed by atoms with Crippen molar-refractivity contribution in [3.8, 4) is 16.9 Å². The summed E-state index contributed by atoms with van der Waals surface area (Å²) in [6, 6.07) is 12.2. The lowest BCUT2D eigenvalue weighted by Crippen LogP contribution is -2.41. The van der Waals surface area contributed by atoms with E-state index >= 15 is 0 Å². The average molecular weight is 324 g/mol. The highest BCUT2D eigenvalue weighted by Crippen LogP contribution is 2.39. The van der Waals surface area contributed by atoms with Gasteiger partial charge < -0.3 is 4.74 Å². The number of hydrazine groups is 1. The minimum absolute atomic E-state index is 0.0881. The van der Waals surface area contributed by atoms with Crippen LogP contribution in [0.15, 0.2) is 48.5 Å². The Hall–Kier alpha value is -2.05. The predicted molar refractivity (Wildman–Crippen MR) is 83.5 cm³/mol. The molecule has 0 fully saturated rings. The molecular weight excluding hydrogens is 305 g/mol. The molecule has 0 aliphatic carbocycles. The van der Waals surface area contributed by atoms with Crippen LogP contribution in [-0.4, -0.2) is 18.3 Å². The second-order valence-electron chi connectivity index (χ2n) is 5.22. The number of nitrogens with two attached hydrogens (primary N) is 1. The maximum atomic E-state index is 13.3. The zero-order valence-electron chi connectivity index (χ0n) is 13.0. The van der Waals surface area contributed by atoms with Crippen LogP contribution in [0.1, 0.15) is 18.9 Å². The Bertz CT molecular complexity index is 642. The zero-order valence-corrected chi connectivity index (χ0v) is 13.0. The van der Waals surface area contributed by atoms with Gasteiger partial charge in [0.1, 0.15) is 5.75 Å². The number of nitrogens with zero attached hydrogens (tertiary/aromatic N) is 1. The van der Waals surface area contributed by atoms with E-state index in [9.17, 15) is 13.2 Å². The third-order valence-corrected chi connectivity index (χ3v) is 3.46. The first-order valence-corrected chi connectivity index (χ1v) is 7.23. The fourth-order valence-corrected chi connectivity index (χ4v) is 2.31. The van der Waals surface area contributed by atoms with Crippen LogP contribution in [0, 0.1) is 0 Å². The van der Waals surface area contributed by atoms with E-state index in [4.69, 9.17) is 10.6 Å². The molecule has 2 aromatic carbocycles. The molecule has 1 unspecified atom stereocenters. The highest BCUT2D eigenvalue weighted by atomic mass is 19.4. The van der Waals surface area contributed by atoms with Crippen LogP contribution in [0.5, 0.6) is 5.75 Å². The highest BCUT2D eigenvalue weighted by molar-refractivity contribution is 5.69. The monoisotopic (exact) mass is 324 g/mol. The molecule has 124 valence electrons. The van der Waals surface area contributed by atoms with Gasteiger partial charge in [-0.05, 0) is 35.7 Å². The van der Waals surface area contributed by atoms with Crippen LogP contribution >= 0.6 is 0 Å². The van der Waals surface area contributed by atoms with Crippen molar-refractivity contribution in [3.63, 3.8) is 0 Å². The van der Waals surface area contributed by atoms with E-state index in [0.717, 1.165) is 6.07 Å². The molecule has 3 nitrogen and oxygen atoms in total. The van der Waals surface area contributed by atoms with Crippen LogP contribution in [0.4, 0.5) is 13.2 Å². The summed E-state index contributed by atoms with van der Waals surface area (Å²) in [5.74, 6) is 6.02. The lowest BCUT2D eigenvalue weighted by molar-refractivity contribution is -0.137. The van der Waals surface area contributed by atoms with Crippen molar-refractivity contribution in [3.05, 3.63) is 54.1 Å². The standard InChI is InChI=1S/C17H19F3N2O/c1-3-16(22(2)21)23-13-9-10-15(17(18,19)20)14(11-13)12-7-5-4-6-8-12/h4-11,16H,3,21H2,1-2H3. The zero-order chi connectivity index (χ0) is 17.0. The molecule has 0 amide bonds. The minimum atomic E-state index is -4.43. The number of alkyl halides is 3. The molecular formula is C17H19F3N2O. The summed E-state index contributed by atoms with van der Waals surface area (Å²) >= 11 is 0. The van der Waals surface area contributed by atoms with E-state index < -0.39 is 18.0 Å². The summed E-state index contributed by atoms with van der Waals surface area (Å²) in [6.45, 7) is 1.89. The van der Waals surface area contributed by atoms with Crippen molar-refractivity contribution >= 4 is 0 Å². The third-order valence-electron chi connectivity index (χ3n) is 3.46. The molecule has 0 heterocycles. The molecule has 6 heteroatoms. The van der Waals surface area contributed by atoms with Gasteiger partial charge in [-0.1, -0.05) is 37.3 Å². The molecule has 0 spiro atoms. The topological polar surface area (TPSA) is 38.5 Å². The van der Waals surface area contributed by atoms with Crippen LogP contribution in [0.2, 0.25) is 0 Å². The van der Waals surface area contributed by atoms with Gasteiger partial charge in [-0.25, -0.2) is 5.01 Å². The molecule has 2 N–H and O–H groups in total. The maximum absolute atomic E-state index is 13.3. The summed E-state index contributed by atoms with van der Waals surface area (Å²) in [5.41, 5.74) is -0.116. The molecule has 1 atom stereocenters. The van der Waals surface area contributed by atoms with Gasteiger partial charge in [0.05, 0.1) is 5.56 Å². The normalized spacial score (nSPS) is 13.2. The molecule has 23 heavy (non-hydrogen) atoms. The minimum Gasteiger partial charge on any atom is -0.474 e. The van der Waals surface area contributed by atoms with Crippen molar-refractivity contribution in [2.45, 2.75) is 25.7 Å². The Morgan fingerprint density at radius 1 is 1.13 bits per heavy atom. The smallest absolute Gasteiger partial charge is 0.417 e. The lowest BCUT2D eigenvalue weighted by Gasteiger charge is -2.24. The van der Waals surface area contributed by atoms with Gasteiger partial charge in [-0.15, -0.1) is 0 Å². The molecule has 0 aromatic heterocycles. The second-order valence-corrected chi connectivity index (χ2v) is 5.22. The Labute approximate surface area is 133 Å². The number of rotatable bonds is 5. The van der Waals surface area contributed by atoms with Gasteiger partial charge >= 0.3 is 6.18 Å². The summed E-state index contributed by atoms with van der Waals surface area (Å²) in [5, 5.41) is 1.39.